The lowest BCUT2D eigenvalue weighted by molar-refractivity contribution is 0.0517. The number of sulfone groups is 2. The molecule has 10 aromatic carbocycles. The van der Waals surface area contributed by atoms with Gasteiger partial charge in [0.2, 0.25) is 23.8 Å². The molecule has 127 heavy (non-hydrogen) atoms. The zero-order valence-corrected chi connectivity index (χ0v) is 71.4. The van der Waals surface area contributed by atoms with Gasteiger partial charge < -0.3 is 23.4 Å². The highest BCUT2D eigenvalue weighted by Gasteiger charge is 2.32. The number of fused-ring (bicyclic) bond motifs is 4. The van der Waals surface area contributed by atoms with Gasteiger partial charge >= 0.3 is 5.97 Å². The van der Waals surface area contributed by atoms with E-state index in [2.05, 4.69) is 45.3 Å². The molecule has 0 bridgehead atoms. The van der Waals surface area contributed by atoms with Crippen LogP contribution in [0.1, 0.15) is 86.4 Å². The molecule has 5 N–H and O–H groups in total. The van der Waals surface area contributed by atoms with Gasteiger partial charge in [-0.2, -0.15) is 18.7 Å². The van der Waals surface area contributed by atoms with Crippen molar-refractivity contribution >= 4 is 69.8 Å². The lowest BCUT2D eigenvalue weighted by atomic mass is 10.0. The Labute approximate surface area is 723 Å². The molecule has 18 aromatic rings. The molecule has 0 radical (unpaired) electrons. The van der Waals surface area contributed by atoms with Gasteiger partial charge in [0, 0.05) is 67.5 Å². The Balaban J connectivity index is 0.000000125. The third kappa shape index (κ3) is 18.6. The zero-order valence-electron chi connectivity index (χ0n) is 69.8. The van der Waals surface area contributed by atoms with Crippen LogP contribution in [0.25, 0.3) is 90.4 Å². The molecule has 1 aliphatic carbocycles. The third-order valence-corrected chi connectivity index (χ3v) is 24.6. The summed E-state index contributed by atoms with van der Waals surface area (Å²) in [5, 5.41) is 12.5. The topological polar surface area (TPSA) is 328 Å². The first-order valence-corrected chi connectivity index (χ1v) is 44.7. The summed E-state index contributed by atoms with van der Waals surface area (Å²) in [6.07, 6.45) is 8.42. The first-order chi connectivity index (χ1) is 61.1. The Hall–Kier alpha value is -14.8. The van der Waals surface area contributed by atoms with Crippen LogP contribution in [0.2, 0.25) is 0 Å². The molecule has 1 fully saturated rings. The van der Waals surface area contributed by atoms with E-state index >= 15 is 0 Å². The number of carbonyl (C=O) groups is 1. The molecule has 19 rings (SSSR count). The van der Waals surface area contributed by atoms with Crippen LogP contribution >= 0.6 is 0 Å². The average Bonchev–Trinajstić information content (AvgIpc) is 1.62. The van der Waals surface area contributed by atoms with Crippen LogP contribution in [0, 0.1) is 23.3 Å². The van der Waals surface area contributed by atoms with Crippen LogP contribution in [0.15, 0.2) is 272 Å². The van der Waals surface area contributed by atoms with Gasteiger partial charge in [-0.05, 0) is 220 Å². The number of hydrogen-bond donors (Lipinski definition) is 5. The molecule has 0 spiro atoms. The number of H-pyrrole nitrogens is 5. The number of carbonyl (C=O) groups excluding carboxylic acids is 1. The molecule has 0 amide bonds. The summed E-state index contributed by atoms with van der Waals surface area (Å²) in [7, 11) is -1.18. The van der Waals surface area contributed by atoms with Crippen LogP contribution in [-0.4, -0.2) is 120 Å². The van der Waals surface area contributed by atoms with Crippen LogP contribution in [0.5, 0.6) is 0 Å². The van der Waals surface area contributed by atoms with Gasteiger partial charge in [0.05, 0.1) is 77.5 Å². The Bertz CT molecular complexity index is 7600. The van der Waals surface area contributed by atoms with E-state index in [0.717, 1.165) is 97.5 Å². The fraction of sp³-hybridized carbons (Fsp3) is 0.189. The molecular weight excluding hydrogens is 1670 g/mol. The quantitative estimate of drug-likeness (QED) is 0.0294. The average molecular weight is 1750 g/mol. The Morgan fingerprint density at radius 2 is 0.772 bits per heavy atom. The van der Waals surface area contributed by atoms with E-state index in [0.29, 0.717) is 120 Å². The highest BCUT2D eigenvalue weighted by atomic mass is 32.2. The first-order valence-electron chi connectivity index (χ1n) is 40.9. The molecule has 0 aliphatic heterocycles. The number of aromatic amines is 5. The van der Waals surface area contributed by atoms with Gasteiger partial charge in [-0.1, -0.05) is 121 Å². The number of rotatable bonds is 23. The van der Waals surface area contributed by atoms with E-state index in [-0.39, 0.29) is 73.5 Å². The summed E-state index contributed by atoms with van der Waals surface area (Å²) in [5.74, 6) is 0.367. The molecule has 0 unspecified atom stereocenters. The summed E-state index contributed by atoms with van der Waals surface area (Å²) < 4.78 is 117. The van der Waals surface area contributed by atoms with Crippen LogP contribution < -0.4 is 22.2 Å². The predicted molar refractivity (Wildman–Crippen MR) is 478 cm³/mol. The molecule has 1 aliphatic rings. The van der Waals surface area contributed by atoms with Crippen molar-refractivity contribution in [1.29, 1.82) is 0 Å². The van der Waals surface area contributed by atoms with E-state index < -0.39 is 25.6 Å². The van der Waals surface area contributed by atoms with E-state index in [4.69, 9.17) is 4.74 Å². The number of nitrogens with zero attached hydrogens (tertiary/aromatic N) is 11. The summed E-state index contributed by atoms with van der Waals surface area (Å²) in [6, 6.07) is 68.2. The number of halogens is 4. The molecule has 32 heteroatoms. The molecule has 0 saturated heterocycles. The minimum absolute atomic E-state index is 0.0394. The molecule has 1 saturated carbocycles. The van der Waals surface area contributed by atoms with Gasteiger partial charge in [-0.3, -0.25) is 39.6 Å². The summed E-state index contributed by atoms with van der Waals surface area (Å²) in [6.45, 7) is 1.89. The van der Waals surface area contributed by atoms with E-state index in [1.165, 1.54) is 80.8 Å². The fourth-order valence-corrected chi connectivity index (χ4v) is 16.7. The van der Waals surface area contributed by atoms with Gasteiger partial charge in [0.15, 0.2) is 19.7 Å². The van der Waals surface area contributed by atoms with E-state index in [1.807, 2.05) is 132 Å². The number of benzene rings is 10. The molecule has 26 nitrogen and oxygen atoms in total. The number of nitrogens with one attached hydrogen (secondary N) is 5. The second kappa shape index (κ2) is 36.2. The predicted octanol–water partition coefficient (Wildman–Crippen LogP) is 15.1. The summed E-state index contributed by atoms with van der Waals surface area (Å²) in [5.41, 5.74) is 15.0. The molecule has 646 valence electrons. The van der Waals surface area contributed by atoms with Gasteiger partial charge in [-0.25, -0.2) is 59.1 Å². The molecule has 8 aromatic heterocycles. The largest absolute Gasteiger partial charge is 0.461 e. The number of esters is 1. The van der Waals surface area contributed by atoms with Crippen molar-refractivity contribution in [3.05, 3.63) is 363 Å². The van der Waals surface area contributed by atoms with Crippen molar-refractivity contribution in [3.63, 3.8) is 0 Å². The number of para-hydroxylation sites is 8. The van der Waals surface area contributed by atoms with E-state index in [1.54, 1.807) is 90.5 Å². The smallest absolute Gasteiger partial charge is 0.356 e. The van der Waals surface area contributed by atoms with Crippen LogP contribution in [0.4, 0.5) is 17.6 Å². The van der Waals surface area contributed by atoms with Gasteiger partial charge in [0.25, 0.3) is 22.2 Å². The van der Waals surface area contributed by atoms with Gasteiger partial charge in [0.1, 0.15) is 29.0 Å². The summed E-state index contributed by atoms with van der Waals surface area (Å²) in [4.78, 5) is 87.8. The first kappa shape index (κ1) is 85.8. The SMILES string of the molecule is CCOC(=O)c1[nH]n(-c2nc3ccccc3[nH]2)c(=O)c1CCc1ccc(F)cc1.Cn1c(-n2[nH]c(-c3ccc(S(C)(=O)=O)cc3)c(CCc3ccc(F)cc3)c2=O)nc2ccccc21.Cn1c(-n2[nH]c(-c3cccc(S(C)(=O)=O)c3)c(CCc3ccc(F)cc3)c2=O)nc2ccccc21.Cn1c(-n2[nH]c(C3CC3)c(CCc3ccc(F)cc3)c2=O)nc2ccccc21. The highest BCUT2D eigenvalue weighted by Crippen LogP contribution is 2.41. The van der Waals surface area contributed by atoms with Crippen molar-refractivity contribution < 1.29 is 43.9 Å². The van der Waals surface area contributed by atoms with Crippen molar-refractivity contribution in [2.24, 2.45) is 21.1 Å². The Morgan fingerprint density at radius 3 is 1.18 bits per heavy atom. The highest BCUT2D eigenvalue weighted by molar-refractivity contribution is 7.91. The second-order valence-corrected chi connectivity index (χ2v) is 35.0. The lowest BCUT2D eigenvalue weighted by Crippen LogP contribution is -2.20. The number of ether oxygens (including phenoxy) is 1. The van der Waals surface area contributed by atoms with Gasteiger partial charge in [-0.15, -0.1) is 0 Å². The maximum Gasteiger partial charge on any atom is 0.356 e. The Morgan fingerprint density at radius 1 is 0.394 bits per heavy atom. The van der Waals surface area contributed by atoms with Crippen molar-refractivity contribution in [2.45, 2.75) is 86.8 Å². The van der Waals surface area contributed by atoms with Crippen LogP contribution in [-0.2, 0) is 96.9 Å². The standard InChI is InChI=1S/2C26H23FN4O3S.C22H21FN4O.C21H19FN4O3/c1-30-23-9-4-3-8-22(23)28-26(30)31-25(32)21(15-12-17-10-13-19(27)14-11-17)24(29-31)18-6-5-7-20(16-18)35(2,33)34;1-30-23-6-4-3-5-22(23)28-26(30)31-25(32)21(16-9-17-7-12-19(27)13-8-17)24(29-31)18-10-14-20(15-11-18)35(2,33)34;1-26-19-5-3-2-4-18(19)24-22(26)27-21(28)17(20(25-27)15-9-10-15)13-8-14-6-11-16(23)12-7-14;1-2-29-20(28)18-15(12-9-13-7-10-14(22)11-8-13)19(27)26(25-18)21-23-16-5-3-4-6-17(16)24-21/h3-11,13-14,16,29H,12,15H2,1-2H3;3-8,10-15,29H,9,16H2,1-2H3;2-7,11-12,15,25H,8-10,13H2,1H3;3-8,10-11,25H,2,9,12H2,1H3,(H,23,24). The zero-order chi connectivity index (χ0) is 89.1. The van der Waals surface area contributed by atoms with Crippen molar-refractivity contribution in [3.8, 4) is 46.3 Å². The normalized spacial score (nSPS) is 12.2. The second-order valence-electron chi connectivity index (χ2n) is 31.0. The minimum Gasteiger partial charge on any atom is -0.461 e. The van der Waals surface area contributed by atoms with E-state index in [9.17, 15) is 58.4 Å². The number of hydrogen-bond acceptors (Lipinski definition) is 14. The fourth-order valence-electron chi connectivity index (χ4n) is 15.4. The minimum atomic E-state index is -3.44. The van der Waals surface area contributed by atoms with Crippen molar-refractivity contribution in [1.82, 2.24) is 77.7 Å². The maximum atomic E-state index is 13.6. The van der Waals surface area contributed by atoms with Crippen molar-refractivity contribution in [2.75, 3.05) is 19.1 Å². The third-order valence-electron chi connectivity index (χ3n) is 22.4. The number of aryl methyl sites for hydroxylation is 7. The maximum absolute atomic E-state index is 13.6. The summed E-state index contributed by atoms with van der Waals surface area (Å²) >= 11 is 0. The molecule has 0 atom stereocenters. The van der Waals surface area contributed by atoms with Crippen LogP contribution in [0.3, 0.4) is 0 Å². The molecular formula is C95H86F4N16O10S2. The number of aromatic nitrogens is 16. The Kier molecular flexibility index (Phi) is 24.4. The monoisotopic (exact) mass is 1750 g/mol. The lowest BCUT2D eigenvalue weighted by Gasteiger charge is -2.06. The molecule has 8 heterocycles. The number of imidazole rings is 4.